The minimum absolute atomic E-state index is 0.127. The number of nitrogens with two attached hydrogens (primary N) is 1. The lowest BCUT2D eigenvalue weighted by Gasteiger charge is -2.41. The summed E-state index contributed by atoms with van der Waals surface area (Å²) in [4.78, 5) is 56.8. The van der Waals surface area contributed by atoms with Gasteiger partial charge in [0, 0.05) is 19.6 Å². The summed E-state index contributed by atoms with van der Waals surface area (Å²) in [6, 6.07) is 12.0. The molecule has 0 spiro atoms. The van der Waals surface area contributed by atoms with E-state index in [4.69, 9.17) is 10.5 Å². The zero-order chi connectivity index (χ0) is 32.9. The highest BCUT2D eigenvalue weighted by Crippen LogP contribution is 2.20. The number of methoxy groups -OCH3 is 1. The molecule has 1 saturated heterocycles. The van der Waals surface area contributed by atoms with E-state index in [0.29, 0.717) is 30.6 Å². The Morgan fingerprint density at radius 2 is 1.69 bits per heavy atom. The Bertz CT molecular complexity index is 1420. The first-order valence-electron chi connectivity index (χ1n) is 14.7. The van der Waals surface area contributed by atoms with Crippen molar-refractivity contribution in [2.45, 2.75) is 38.6 Å². The Balaban J connectivity index is 1.81. The fraction of sp³-hybridized carbons (Fsp3) is 0.353. The normalized spacial score (nSPS) is 15.7. The minimum atomic E-state index is -1.13. The SMILES string of the molecule is C=C/C(=C\C=C(/C)F)CCN1CC(=O)N(CCc2ccc(F)cc2)[C@@H](CC(=O)N(CCc2ccc(OC)cc2)CC(N)=O)C1=O. The molecule has 3 rings (SSSR count). The summed E-state index contributed by atoms with van der Waals surface area (Å²) in [5.74, 6) is -2.08. The highest BCUT2D eigenvalue weighted by Gasteiger charge is 2.40. The number of ether oxygens (including phenoxy) is 1. The molecule has 45 heavy (non-hydrogen) atoms. The largest absolute Gasteiger partial charge is 0.497 e. The van der Waals surface area contributed by atoms with Crippen LogP contribution in [-0.4, -0.2) is 84.2 Å². The van der Waals surface area contributed by atoms with Crippen LogP contribution in [0.15, 0.2) is 84.7 Å². The summed E-state index contributed by atoms with van der Waals surface area (Å²) in [6.45, 7) is 4.95. The number of hydrogen-bond donors (Lipinski definition) is 1. The van der Waals surface area contributed by atoms with E-state index in [1.807, 2.05) is 12.1 Å². The Hall–Kier alpha value is -4.80. The molecule has 4 amide bonds. The molecule has 0 bridgehead atoms. The van der Waals surface area contributed by atoms with Crippen LogP contribution in [0.3, 0.4) is 0 Å². The maximum absolute atomic E-state index is 13.8. The molecular formula is C34H40F2N4O5. The van der Waals surface area contributed by atoms with Crippen molar-refractivity contribution in [3.63, 3.8) is 0 Å². The zero-order valence-electron chi connectivity index (χ0n) is 25.7. The number of allylic oxidation sites excluding steroid dienone is 4. The highest BCUT2D eigenvalue weighted by atomic mass is 19.1. The van der Waals surface area contributed by atoms with Gasteiger partial charge in [-0.15, -0.1) is 0 Å². The van der Waals surface area contributed by atoms with E-state index in [1.54, 1.807) is 43.5 Å². The molecule has 1 aliphatic rings. The first-order chi connectivity index (χ1) is 21.5. The van der Waals surface area contributed by atoms with Gasteiger partial charge in [0.1, 0.15) is 17.6 Å². The molecule has 0 unspecified atom stereocenters. The van der Waals surface area contributed by atoms with Crippen molar-refractivity contribution in [1.82, 2.24) is 14.7 Å². The zero-order valence-corrected chi connectivity index (χ0v) is 25.7. The Morgan fingerprint density at radius 1 is 1.04 bits per heavy atom. The van der Waals surface area contributed by atoms with Crippen LogP contribution in [0.2, 0.25) is 0 Å². The Morgan fingerprint density at radius 3 is 2.29 bits per heavy atom. The van der Waals surface area contributed by atoms with Gasteiger partial charge in [-0.1, -0.05) is 43.0 Å². The van der Waals surface area contributed by atoms with Crippen molar-refractivity contribution in [3.05, 3.63) is 102 Å². The second kappa shape index (κ2) is 16.9. The van der Waals surface area contributed by atoms with Gasteiger partial charge in [0.2, 0.25) is 23.6 Å². The number of rotatable bonds is 16. The first kappa shape index (κ1) is 34.7. The molecule has 1 aliphatic heterocycles. The number of carbonyl (C=O) groups excluding carboxylic acids is 4. The van der Waals surface area contributed by atoms with Gasteiger partial charge >= 0.3 is 0 Å². The summed E-state index contributed by atoms with van der Waals surface area (Å²) in [7, 11) is 1.56. The topological polar surface area (TPSA) is 113 Å². The van der Waals surface area contributed by atoms with Crippen molar-refractivity contribution < 1.29 is 32.7 Å². The van der Waals surface area contributed by atoms with Gasteiger partial charge in [-0.05, 0) is 73.2 Å². The summed E-state index contributed by atoms with van der Waals surface area (Å²) >= 11 is 0. The first-order valence-corrected chi connectivity index (χ1v) is 14.7. The van der Waals surface area contributed by atoms with Gasteiger partial charge < -0.3 is 25.2 Å². The van der Waals surface area contributed by atoms with Crippen molar-refractivity contribution in [1.29, 1.82) is 0 Å². The van der Waals surface area contributed by atoms with Crippen LogP contribution in [0, 0.1) is 5.82 Å². The van der Waals surface area contributed by atoms with Crippen molar-refractivity contribution in [2.75, 3.05) is 39.8 Å². The van der Waals surface area contributed by atoms with Gasteiger partial charge in [0.05, 0.1) is 32.4 Å². The van der Waals surface area contributed by atoms with E-state index in [-0.39, 0.29) is 50.9 Å². The highest BCUT2D eigenvalue weighted by molar-refractivity contribution is 5.98. The smallest absolute Gasteiger partial charge is 0.246 e. The lowest BCUT2D eigenvalue weighted by atomic mass is 10.0. The lowest BCUT2D eigenvalue weighted by molar-refractivity contribution is -0.158. The number of primary amides is 1. The summed E-state index contributed by atoms with van der Waals surface area (Å²) < 4.78 is 31.9. The van der Waals surface area contributed by atoms with Crippen LogP contribution in [0.1, 0.15) is 30.9 Å². The third kappa shape index (κ3) is 10.7. The predicted octanol–water partition coefficient (Wildman–Crippen LogP) is 3.74. The number of nitrogens with zero attached hydrogens (tertiary/aromatic N) is 3. The van der Waals surface area contributed by atoms with Crippen LogP contribution in [0.25, 0.3) is 0 Å². The van der Waals surface area contributed by atoms with Crippen LogP contribution < -0.4 is 10.5 Å². The maximum atomic E-state index is 13.8. The molecule has 9 nitrogen and oxygen atoms in total. The fourth-order valence-corrected chi connectivity index (χ4v) is 4.99. The van der Waals surface area contributed by atoms with E-state index in [9.17, 15) is 28.0 Å². The Labute approximate surface area is 262 Å². The third-order valence-electron chi connectivity index (χ3n) is 7.53. The van der Waals surface area contributed by atoms with Crippen molar-refractivity contribution in [3.8, 4) is 5.75 Å². The van der Waals surface area contributed by atoms with Crippen LogP contribution >= 0.6 is 0 Å². The average Bonchev–Trinajstić information content (AvgIpc) is 3.01. The van der Waals surface area contributed by atoms with Crippen LogP contribution in [0.4, 0.5) is 8.78 Å². The summed E-state index contributed by atoms with van der Waals surface area (Å²) in [5.41, 5.74) is 7.79. The second-order valence-corrected chi connectivity index (χ2v) is 10.8. The predicted molar refractivity (Wildman–Crippen MR) is 167 cm³/mol. The standard InChI is InChI=1S/C34H40F2N4O5/c1-4-25(6-5-24(2)35)15-19-39-23-33(43)40(20-17-26-7-11-28(36)12-8-26)30(34(39)44)21-32(42)38(22-31(37)41)18-16-27-9-13-29(45-3)14-10-27/h4-14,30H,1,15-23H2,2-3H3,(H2,37,41)/b24-5+,25-6+/t30-/m0/s1. The van der Waals surface area contributed by atoms with Crippen LogP contribution in [0.5, 0.6) is 5.75 Å². The molecule has 0 aliphatic carbocycles. The maximum Gasteiger partial charge on any atom is 0.246 e. The minimum Gasteiger partial charge on any atom is -0.497 e. The molecule has 0 radical (unpaired) electrons. The lowest BCUT2D eigenvalue weighted by Crippen LogP contribution is -2.61. The van der Waals surface area contributed by atoms with Gasteiger partial charge in [-0.3, -0.25) is 19.2 Å². The number of amides is 4. The molecule has 2 aromatic carbocycles. The Kier molecular flexibility index (Phi) is 13.0. The van der Waals surface area contributed by atoms with Gasteiger partial charge in [0.15, 0.2) is 0 Å². The van der Waals surface area contributed by atoms with E-state index < -0.39 is 29.6 Å². The number of halogens is 2. The van der Waals surface area contributed by atoms with Gasteiger partial charge in [-0.25, -0.2) is 8.78 Å². The summed E-state index contributed by atoms with van der Waals surface area (Å²) in [6.07, 6.45) is 5.12. The monoisotopic (exact) mass is 622 g/mol. The van der Waals surface area contributed by atoms with E-state index in [0.717, 1.165) is 11.1 Å². The number of carbonyl (C=O) groups is 4. The van der Waals surface area contributed by atoms with Gasteiger partial charge in [0.25, 0.3) is 0 Å². The molecule has 1 atom stereocenters. The molecular weight excluding hydrogens is 582 g/mol. The number of hydrogen-bond acceptors (Lipinski definition) is 5. The molecule has 2 aromatic rings. The molecule has 1 fully saturated rings. The van der Waals surface area contributed by atoms with E-state index in [1.165, 1.54) is 39.8 Å². The molecule has 11 heteroatoms. The van der Waals surface area contributed by atoms with Crippen molar-refractivity contribution in [2.24, 2.45) is 5.73 Å². The number of benzene rings is 2. The summed E-state index contributed by atoms with van der Waals surface area (Å²) in [5, 5.41) is 0. The van der Waals surface area contributed by atoms with Crippen LogP contribution in [-0.2, 0) is 32.0 Å². The average molecular weight is 623 g/mol. The van der Waals surface area contributed by atoms with E-state index in [2.05, 4.69) is 6.58 Å². The number of piperazine rings is 1. The van der Waals surface area contributed by atoms with Gasteiger partial charge in [-0.2, -0.15) is 0 Å². The molecule has 0 saturated carbocycles. The molecule has 0 aromatic heterocycles. The van der Waals surface area contributed by atoms with E-state index >= 15 is 0 Å². The quantitative estimate of drug-likeness (QED) is 0.287. The fourth-order valence-electron chi connectivity index (χ4n) is 4.99. The second-order valence-electron chi connectivity index (χ2n) is 10.8. The molecule has 1 heterocycles. The molecule has 2 N–H and O–H groups in total. The van der Waals surface area contributed by atoms with Crippen molar-refractivity contribution >= 4 is 23.6 Å². The third-order valence-corrected chi connectivity index (χ3v) is 7.53. The molecule has 240 valence electrons.